The van der Waals surface area contributed by atoms with Crippen LogP contribution in [0.15, 0.2) is 66.0 Å². The Morgan fingerprint density at radius 1 is 1.15 bits per heavy atom. The molecule has 0 aliphatic carbocycles. The predicted octanol–water partition coefficient (Wildman–Crippen LogP) is 4.24. The first kappa shape index (κ1) is 23.1. The van der Waals surface area contributed by atoms with Gasteiger partial charge in [0, 0.05) is 23.1 Å². The summed E-state index contributed by atoms with van der Waals surface area (Å²) in [5.41, 5.74) is 1.46. The lowest BCUT2D eigenvalue weighted by Gasteiger charge is -2.27. The number of hydrogen-bond donors (Lipinski definition) is 1. The van der Waals surface area contributed by atoms with Crippen LogP contribution in [0.3, 0.4) is 0 Å². The molecule has 2 aromatic carbocycles. The molecular formula is C24H21N3O6S. The van der Waals surface area contributed by atoms with Crippen LogP contribution in [0.4, 0.5) is 17.1 Å². The molecule has 2 amide bonds. The van der Waals surface area contributed by atoms with E-state index in [9.17, 15) is 24.5 Å². The summed E-state index contributed by atoms with van der Waals surface area (Å²) in [6.07, 6.45) is -0.0545. The molecule has 1 N–H and O–H groups in total. The zero-order valence-corrected chi connectivity index (χ0v) is 19.0. The fourth-order valence-electron chi connectivity index (χ4n) is 3.91. The highest BCUT2D eigenvalue weighted by Gasteiger charge is 2.46. The summed E-state index contributed by atoms with van der Waals surface area (Å²) in [6.45, 7) is 1.32. The van der Waals surface area contributed by atoms with Gasteiger partial charge < -0.3 is 15.0 Å². The molecule has 0 spiro atoms. The third kappa shape index (κ3) is 4.81. The molecule has 0 radical (unpaired) electrons. The number of anilines is 2. The van der Waals surface area contributed by atoms with E-state index in [1.807, 2.05) is 48.7 Å². The highest BCUT2D eigenvalue weighted by atomic mass is 32.1. The van der Waals surface area contributed by atoms with Crippen LogP contribution >= 0.6 is 11.3 Å². The number of carbonyl (C=O) groups is 3. The van der Waals surface area contributed by atoms with Crippen LogP contribution in [0.25, 0.3) is 0 Å². The molecule has 9 nitrogen and oxygen atoms in total. The number of nitrogens with zero attached hydrogens (tertiary/aromatic N) is 2. The number of hydrogen-bond acceptors (Lipinski definition) is 7. The van der Waals surface area contributed by atoms with Gasteiger partial charge in [-0.25, -0.2) is 0 Å². The van der Waals surface area contributed by atoms with E-state index in [-0.39, 0.29) is 23.7 Å². The molecule has 3 aromatic rings. The lowest BCUT2D eigenvalue weighted by atomic mass is 9.99. The molecular weight excluding hydrogens is 458 g/mol. The van der Waals surface area contributed by atoms with Gasteiger partial charge in [0.1, 0.15) is 5.69 Å². The Labute approximate surface area is 199 Å². The second-order valence-corrected chi connectivity index (χ2v) is 8.78. The minimum Gasteiger partial charge on any atom is -0.455 e. The molecule has 0 saturated carbocycles. The van der Waals surface area contributed by atoms with Crippen molar-refractivity contribution in [2.45, 2.75) is 19.4 Å². The molecule has 0 unspecified atom stereocenters. The lowest BCUT2D eigenvalue weighted by Crippen LogP contribution is -2.31. The van der Waals surface area contributed by atoms with E-state index < -0.39 is 35.4 Å². The zero-order valence-electron chi connectivity index (χ0n) is 18.2. The van der Waals surface area contributed by atoms with Gasteiger partial charge in [0.15, 0.2) is 6.61 Å². The average Bonchev–Trinajstić information content (AvgIpc) is 3.46. The van der Waals surface area contributed by atoms with E-state index in [1.165, 1.54) is 29.5 Å². The molecule has 10 heteroatoms. The van der Waals surface area contributed by atoms with Gasteiger partial charge in [-0.2, -0.15) is 0 Å². The van der Waals surface area contributed by atoms with Gasteiger partial charge in [0.2, 0.25) is 5.91 Å². The van der Waals surface area contributed by atoms with E-state index in [4.69, 9.17) is 4.74 Å². The number of amides is 2. The van der Waals surface area contributed by atoms with Crippen LogP contribution in [-0.2, 0) is 19.1 Å². The van der Waals surface area contributed by atoms with E-state index in [0.29, 0.717) is 5.69 Å². The zero-order chi connectivity index (χ0) is 24.2. The number of rotatable bonds is 7. The minimum absolute atomic E-state index is 0.00611. The van der Waals surface area contributed by atoms with Gasteiger partial charge >= 0.3 is 5.97 Å². The van der Waals surface area contributed by atoms with Crippen LogP contribution in [0.2, 0.25) is 0 Å². The summed E-state index contributed by atoms with van der Waals surface area (Å²) >= 11 is 1.43. The van der Waals surface area contributed by atoms with Crippen molar-refractivity contribution in [3.05, 3.63) is 86.6 Å². The van der Waals surface area contributed by atoms with Crippen molar-refractivity contribution in [1.82, 2.24) is 0 Å². The monoisotopic (exact) mass is 479 g/mol. The maximum Gasteiger partial charge on any atom is 0.312 e. The maximum atomic E-state index is 13.0. The Hall–Kier alpha value is -4.05. The Kier molecular flexibility index (Phi) is 6.69. The molecule has 4 rings (SSSR count). The van der Waals surface area contributed by atoms with Gasteiger partial charge in [-0.3, -0.25) is 24.5 Å². The Bertz CT molecular complexity index is 1230. The maximum absolute atomic E-state index is 13.0. The van der Waals surface area contributed by atoms with Crippen LogP contribution in [-0.4, -0.2) is 29.3 Å². The van der Waals surface area contributed by atoms with Crippen molar-refractivity contribution in [2.75, 3.05) is 16.8 Å². The van der Waals surface area contributed by atoms with E-state index >= 15 is 0 Å². The molecule has 174 valence electrons. The number of thiophene rings is 1. The fourth-order valence-corrected chi connectivity index (χ4v) is 4.79. The molecule has 1 aromatic heterocycles. The summed E-state index contributed by atoms with van der Waals surface area (Å²) in [7, 11) is 0. The number of para-hydroxylation sites is 2. The highest BCUT2D eigenvalue weighted by molar-refractivity contribution is 7.10. The smallest absolute Gasteiger partial charge is 0.312 e. The normalized spacial score (nSPS) is 17.4. The largest absolute Gasteiger partial charge is 0.455 e. The Balaban J connectivity index is 1.49. The van der Waals surface area contributed by atoms with Crippen LogP contribution in [0.1, 0.15) is 22.9 Å². The predicted molar refractivity (Wildman–Crippen MR) is 127 cm³/mol. The number of nitrogens with one attached hydrogen (secondary N) is 1. The first-order valence-electron chi connectivity index (χ1n) is 10.5. The number of ether oxygens (including phenoxy) is 1. The number of benzene rings is 2. The van der Waals surface area contributed by atoms with Crippen molar-refractivity contribution in [3.8, 4) is 0 Å². The second kappa shape index (κ2) is 9.84. The Morgan fingerprint density at radius 2 is 1.88 bits per heavy atom. The van der Waals surface area contributed by atoms with Crippen LogP contribution < -0.4 is 10.2 Å². The summed E-state index contributed by atoms with van der Waals surface area (Å²) in [5.74, 6) is -2.41. The number of carbonyl (C=O) groups excluding carboxylic acids is 3. The first-order valence-corrected chi connectivity index (χ1v) is 11.3. The second-order valence-electron chi connectivity index (χ2n) is 7.80. The summed E-state index contributed by atoms with van der Waals surface area (Å²) in [5, 5.41) is 15.4. The van der Waals surface area contributed by atoms with Crippen molar-refractivity contribution in [3.63, 3.8) is 0 Å². The number of nitro benzene ring substituents is 1. The standard InChI is InChI=1S/C24H21N3O6S/c1-15-8-10-16(11-9-15)26-22(29)13-17(23(26)20-7-4-12-34-20)24(30)33-14-21(28)25-18-5-2-3-6-19(18)27(31)32/h2-12,17,23H,13-14H2,1H3,(H,25,28)/t17-,23+/m1/s1. The summed E-state index contributed by atoms with van der Waals surface area (Å²) in [6, 6.07) is 16.3. The van der Waals surface area contributed by atoms with Crippen molar-refractivity contribution in [2.24, 2.45) is 5.92 Å². The minimum atomic E-state index is -0.800. The molecule has 1 aliphatic rings. The summed E-state index contributed by atoms with van der Waals surface area (Å²) in [4.78, 5) is 51.2. The van der Waals surface area contributed by atoms with E-state index in [2.05, 4.69) is 5.32 Å². The summed E-state index contributed by atoms with van der Waals surface area (Å²) < 4.78 is 5.25. The van der Waals surface area contributed by atoms with E-state index in [1.54, 1.807) is 11.0 Å². The lowest BCUT2D eigenvalue weighted by molar-refractivity contribution is -0.383. The van der Waals surface area contributed by atoms with Gasteiger partial charge in [-0.05, 0) is 36.6 Å². The van der Waals surface area contributed by atoms with Gasteiger partial charge in [0.05, 0.1) is 16.9 Å². The topological polar surface area (TPSA) is 119 Å². The van der Waals surface area contributed by atoms with Crippen LogP contribution in [0, 0.1) is 23.0 Å². The van der Waals surface area contributed by atoms with E-state index in [0.717, 1.165) is 10.4 Å². The molecule has 34 heavy (non-hydrogen) atoms. The average molecular weight is 480 g/mol. The Morgan fingerprint density at radius 3 is 2.56 bits per heavy atom. The van der Waals surface area contributed by atoms with Gasteiger partial charge in [-0.1, -0.05) is 35.9 Å². The SMILES string of the molecule is Cc1ccc(N2C(=O)C[C@@H](C(=O)OCC(=O)Nc3ccccc3[N+](=O)[O-])[C@H]2c2cccs2)cc1. The third-order valence-corrected chi connectivity index (χ3v) is 6.44. The fraction of sp³-hybridized carbons (Fsp3) is 0.208. The van der Waals surface area contributed by atoms with Crippen molar-refractivity contribution < 1.29 is 24.0 Å². The number of nitro groups is 1. The van der Waals surface area contributed by atoms with Crippen LogP contribution in [0.5, 0.6) is 0 Å². The van der Waals surface area contributed by atoms with Gasteiger partial charge in [-0.15, -0.1) is 11.3 Å². The molecule has 2 atom stereocenters. The quantitative estimate of drug-likeness (QED) is 0.308. The van der Waals surface area contributed by atoms with Gasteiger partial charge in [0.25, 0.3) is 11.6 Å². The molecule has 1 saturated heterocycles. The first-order chi connectivity index (χ1) is 16.3. The van der Waals surface area contributed by atoms with Crippen molar-refractivity contribution in [1.29, 1.82) is 0 Å². The highest BCUT2D eigenvalue weighted by Crippen LogP contribution is 2.43. The number of aryl methyl sites for hydroxylation is 1. The number of esters is 1. The molecule has 1 fully saturated rings. The molecule has 2 heterocycles. The molecule has 1 aliphatic heterocycles. The third-order valence-electron chi connectivity index (χ3n) is 5.49. The van der Waals surface area contributed by atoms with Crippen molar-refractivity contribution >= 4 is 46.2 Å². The molecule has 0 bridgehead atoms.